The molecule has 0 radical (unpaired) electrons. The van der Waals surface area contributed by atoms with Gasteiger partial charge in [0.25, 0.3) is 0 Å². The highest BCUT2D eigenvalue weighted by Gasteiger charge is 2.33. The molecule has 4 rings (SSSR count). The number of hydrogen-bond acceptors (Lipinski definition) is 4. The molecular formula is C18H15N6O3+. The Bertz CT molecular complexity index is 1130. The number of H-pyrrole nitrogens is 2. The van der Waals surface area contributed by atoms with Crippen LogP contribution in [0.15, 0.2) is 54.7 Å². The van der Waals surface area contributed by atoms with E-state index < -0.39 is 10.8 Å². The number of nitrogens with zero attached hydrogens (tertiary/aromatic N) is 3. The van der Waals surface area contributed by atoms with Gasteiger partial charge in [-0.15, -0.1) is 4.68 Å². The summed E-state index contributed by atoms with van der Waals surface area (Å²) in [7, 11) is 1.53. The summed E-state index contributed by atoms with van der Waals surface area (Å²) < 4.78 is 1.30. The first kappa shape index (κ1) is 16.5. The van der Waals surface area contributed by atoms with Gasteiger partial charge in [-0.05, 0) is 36.4 Å². The molecule has 0 saturated heterocycles. The van der Waals surface area contributed by atoms with E-state index in [2.05, 4.69) is 20.4 Å². The van der Waals surface area contributed by atoms with Crippen LogP contribution in [-0.4, -0.2) is 25.9 Å². The summed E-state index contributed by atoms with van der Waals surface area (Å²) in [5, 5.41) is 16.4. The largest absolute Gasteiger partial charge is 0.373 e. The maximum atomic E-state index is 12.4. The molecular weight excluding hydrogens is 348 g/mol. The molecule has 2 aromatic heterocycles. The second kappa shape index (κ2) is 6.37. The lowest BCUT2D eigenvalue weighted by atomic mass is 10.2. The van der Waals surface area contributed by atoms with Gasteiger partial charge in [0.1, 0.15) is 12.0 Å². The van der Waals surface area contributed by atoms with E-state index in [0.29, 0.717) is 5.69 Å². The Morgan fingerprint density at radius 1 is 1.19 bits per heavy atom. The number of aryl methyl sites for hydroxylation is 1. The van der Waals surface area contributed by atoms with Crippen molar-refractivity contribution in [2.45, 2.75) is 0 Å². The number of amides is 1. The number of benzene rings is 2. The monoisotopic (exact) mass is 363 g/mol. The third-order valence-electron chi connectivity index (χ3n) is 4.19. The van der Waals surface area contributed by atoms with Crippen LogP contribution in [0.2, 0.25) is 0 Å². The van der Waals surface area contributed by atoms with E-state index in [9.17, 15) is 14.9 Å². The van der Waals surface area contributed by atoms with Crippen molar-refractivity contribution < 1.29 is 14.4 Å². The third kappa shape index (κ3) is 3.01. The van der Waals surface area contributed by atoms with Gasteiger partial charge in [-0.25, -0.2) is 4.98 Å². The molecule has 0 aliphatic rings. The molecule has 0 atom stereocenters. The van der Waals surface area contributed by atoms with Crippen molar-refractivity contribution in [1.82, 2.24) is 15.1 Å². The van der Waals surface area contributed by atoms with Crippen LogP contribution < -0.4 is 10.00 Å². The smallest absolute Gasteiger partial charge is 0.338 e. The fraction of sp³-hybridized carbons (Fsp3) is 0.0556. The van der Waals surface area contributed by atoms with Crippen LogP contribution in [0, 0.1) is 10.1 Å². The lowest BCUT2D eigenvalue weighted by Gasteiger charge is -2.03. The van der Waals surface area contributed by atoms with E-state index in [1.807, 2.05) is 36.4 Å². The van der Waals surface area contributed by atoms with Gasteiger partial charge in [-0.3, -0.25) is 14.9 Å². The molecule has 0 spiro atoms. The molecule has 2 aromatic carbocycles. The highest BCUT2D eigenvalue weighted by Crippen LogP contribution is 2.22. The maximum absolute atomic E-state index is 12.4. The Kier molecular flexibility index (Phi) is 3.88. The fourth-order valence-electron chi connectivity index (χ4n) is 2.86. The first-order chi connectivity index (χ1) is 13.0. The fourth-order valence-corrected chi connectivity index (χ4v) is 2.86. The van der Waals surface area contributed by atoms with Crippen LogP contribution >= 0.6 is 0 Å². The molecule has 9 heteroatoms. The predicted octanol–water partition coefficient (Wildman–Crippen LogP) is 2.54. The highest BCUT2D eigenvalue weighted by molar-refractivity contribution is 6.04. The molecule has 0 unspecified atom stereocenters. The number of carbonyl (C=O) groups excluding carboxylic acids is 1. The Balaban J connectivity index is 1.57. The van der Waals surface area contributed by atoms with Gasteiger partial charge >= 0.3 is 17.3 Å². The molecule has 134 valence electrons. The number of carbonyl (C=O) groups is 1. The van der Waals surface area contributed by atoms with Gasteiger partial charge in [-0.2, -0.15) is 5.10 Å². The SMILES string of the molecule is C[n+]1[nH]cc([N+](=O)[O-])c1C(=O)Nc1ccc(-c2nc3ccccc3[nH]2)cc1. The van der Waals surface area contributed by atoms with Crippen molar-refractivity contribution in [3.8, 4) is 11.4 Å². The molecule has 9 nitrogen and oxygen atoms in total. The maximum Gasteiger partial charge on any atom is 0.373 e. The van der Waals surface area contributed by atoms with E-state index in [4.69, 9.17) is 0 Å². The average molecular weight is 363 g/mol. The van der Waals surface area contributed by atoms with Crippen molar-refractivity contribution in [2.75, 3.05) is 5.32 Å². The van der Waals surface area contributed by atoms with Gasteiger partial charge in [0, 0.05) is 11.3 Å². The highest BCUT2D eigenvalue weighted by atomic mass is 16.6. The second-order valence-corrected chi connectivity index (χ2v) is 5.96. The summed E-state index contributed by atoms with van der Waals surface area (Å²) in [5.41, 5.74) is 2.86. The van der Waals surface area contributed by atoms with Crippen molar-refractivity contribution in [3.63, 3.8) is 0 Å². The van der Waals surface area contributed by atoms with Crippen molar-refractivity contribution in [2.24, 2.45) is 7.05 Å². The van der Waals surface area contributed by atoms with Gasteiger partial charge in [0.15, 0.2) is 7.05 Å². The lowest BCUT2D eigenvalue weighted by molar-refractivity contribution is -0.729. The van der Waals surface area contributed by atoms with Crippen LogP contribution in [-0.2, 0) is 7.05 Å². The predicted molar refractivity (Wildman–Crippen MR) is 98.1 cm³/mol. The number of aromatic amines is 2. The summed E-state index contributed by atoms with van der Waals surface area (Å²) in [6.07, 6.45) is 1.18. The minimum Gasteiger partial charge on any atom is -0.338 e. The topological polar surface area (TPSA) is 121 Å². The number of nitro groups is 1. The third-order valence-corrected chi connectivity index (χ3v) is 4.19. The van der Waals surface area contributed by atoms with Gasteiger partial charge in [0.2, 0.25) is 0 Å². The first-order valence-corrected chi connectivity index (χ1v) is 8.11. The summed E-state index contributed by atoms with van der Waals surface area (Å²) in [6.45, 7) is 0. The van der Waals surface area contributed by atoms with Gasteiger partial charge < -0.3 is 10.3 Å². The molecule has 0 fully saturated rings. The molecule has 0 saturated carbocycles. The normalized spacial score (nSPS) is 10.9. The molecule has 4 aromatic rings. The Labute approximate surface area is 152 Å². The average Bonchev–Trinajstić information content (AvgIpc) is 3.25. The molecule has 0 aliphatic carbocycles. The molecule has 27 heavy (non-hydrogen) atoms. The number of hydrogen-bond donors (Lipinski definition) is 3. The zero-order valence-corrected chi connectivity index (χ0v) is 14.3. The zero-order chi connectivity index (χ0) is 19.0. The molecule has 3 N–H and O–H groups in total. The summed E-state index contributed by atoms with van der Waals surface area (Å²) in [4.78, 5) is 30.6. The van der Waals surface area contributed by atoms with Crippen LogP contribution in [0.4, 0.5) is 11.4 Å². The minimum atomic E-state index is -0.601. The summed E-state index contributed by atoms with van der Waals surface area (Å²) in [6, 6.07) is 14.8. The van der Waals surface area contributed by atoms with Crippen LogP contribution in [0.3, 0.4) is 0 Å². The van der Waals surface area contributed by atoms with Gasteiger partial charge in [-0.1, -0.05) is 12.1 Å². The van der Waals surface area contributed by atoms with Gasteiger partial charge in [0.05, 0.1) is 16.0 Å². The van der Waals surface area contributed by atoms with Crippen molar-refractivity contribution in [3.05, 3.63) is 70.5 Å². The van der Waals surface area contributed by atoms with E-state index in [1.54, 1.807) is 12.1 Å². The molecule has 1 amide bonds. The van der Waals surface area contributed by atoms with E-state index in [-0.39, 0.29) is 11.4 Å². The Morgan fingerprint density at radius 3 is 2.63 bits per heavy atom. The number of imidazole rings is 1. The number of aromatic nitrogens is 4. The van der Waals surface area contributed by atoms with E-state index in [0.717, 1.165) is 22.4 Å². The molecule has 0 aliphatic heterocycles. The minimum absolute atomic E-state index is 0.0543. The lowest BCUT2D eigenvalue weighted by Crippen LogP contribution is -2.38. The first-order valence-electron chi connectivity index (χ1n) is 8.11. The van der Waals surface area contributed by atoms with E-state index in [1.165, 1.54) is 17.9 Å². The van der Waals surface area contributed by atoms with Crippen molar-refractivity contribution >= 4 is 28.3 Å². The van der Waals surface area contributed by atoms with E-state index >= 15 is 0 Å². The standard InChI is InChI=1S/C18H14N6O3/c1-23-16(15(10-19-23)24(26)27)18(25)20-12-8-6-11(7-9-12)17-21-13-4-2-3-5-14(13)22-17/h2-10H,1H3,(H2,19,20,21,22,25)/p+1. The molecule has 0 bridgehead atoms. The quantitative estimate of drug-likeness (QED) is 0.293. The number of rotatable bonds is 4. The number of anilines is 1. The Morgan fingerprint density at radius 2 is 1.93 bits per heavy atom. The van der Waals surface area contributed by atoms with Crippen LogP contribution in [0.25, 0.3) is 22.4 Å². The molecule has 2 heterocycles. The van der Waals surface area contributed by atoms with Crippen LogP contribution in [0.5, 0.6) is 0 Å². The summed E-state index contributed by atoms with van der Waals surface area (Å²) >= 11 is 0. The Hall–Kier alpha value is -4.01. The zero-order valence-electron chi connectivity index (χ0n) is 14.3. The second-order valence-electron chi connectivity index (χ2n) is 5.96. The number of fused-ring (bicyclic) bond motifs is 1. The number of para-hydroxylation sites is 2. The summed E-state index contributed by atoms with van der Waals surface area (Å²) in [5.74, 6) is 0.156. The van der Waals surface area contributed by atoms with Crippen molar-refractivity contribution in [1.29, 1.82) is 0 Å². The number of nitrogens with one attached hydrogen (secondary N) is 3. The van der Waals surface area contributed by atoms with Crippen LogP contribution in [0.1, 0.15) is 10.5 Å².